The van der Waals surface area contributed by atoms with Gasteiger partial charge in [-0.25, -0.2) is 0 Å². The normalized spacial score (nSPS) is 15.2. The monoisotopic (exact) mass is 215 g/mol. The van der Waals surface area contributed by atoms with E-state index < -0.39 is 0 Å². The van der Waals surface area contributed by atoms with Crippen LogP contribution in [0, 0.1) is 0 Å². The summed E-state index contributed by atoms with van der Waals surface area (Å²) in [6.45, 7) is 2.61. The Kier molecular flexibility index (Phi) is 2.15. The standard InChI is InChI=1S/C12H13N3O/c13-12-3-1-2-9-6-15(8-11(9)12)7-10-4-5-14-16-10/h1-5H,6-8,13H2. The van der Waals surface area contributed by atoms with Gasteiger partial charge in [0.2, 0.25) is 0 Å². The Hall–Kier alpha value is -1.81. The molecule has 82 valence electrons. The number of nitrogens with two attached hydrogens (primary N) is 1. The zero-order valence-electron chi connectivity index (χ0n) is 8.89. The van der Waals surface area contributed by atoms with Crippen LogP contribution in [-0.2, 0) is 19.6 Å². The highest BCUT2D eigenvalue weighted by Gasteiger charge is 2.21. The van der Waals surface area contributed by atoms with Gasteiger partial charge in [0.15, 0.2) is 5.76 Å². The fraction of sp³-hybridized carbons (Fsp3) is 0.250. The molecule has 0 aliphatic carbocycles. The number of nitrogens with zero attached hydrogens (tertiary/aromatic N) is 2. The summed E-state index contributed by atoms with van der Waals surface area (Å²) in [5.41, 5.74) is 9.40. The summed E-state index contributed by atoms with van der Waals surface area (Å²) in [6.07, 6.45) is 1.67. The summed E-state index contributed by atoms with van der Waals surface area (Å²) in [6, 6.07) is 7.99. The second-order valence-electron chi connectivity index (χ2n) is 4.11. The topological polar surface area (TPSA) is 55.3 Å². The number of rotatable bonds is 2. The van der Waals surface area contributed by atoms with Crippen LogP contribution in [0.3, 0.4) is 0 Å². The predicted octanol–water partition coefficient (Wildman–Crippen LogP) is 1.77. The van der Waals surface area contributed by atoms with Crippen molar-refractivity contribution in [3.8, 4) is 0 Å². The largest absolute Gasteiger partial charge is 0.398 e. The number of hydrogen-bond acceptors (Lipinski definition) is 4. The molecule has 3 rings (SSSR count). The number of fused-ring (bicyclic) bond motifs is 1. The molecule has 1 aromatic carbocycles. The SMILES string of the molecule is Nc1cccc2c1CN(Cc1ccno1)C2. The molecule has 4 heteroatoms. The lowest BCUT2D eigenvalue weighted by atomic mass is 10.1. The van der Waals surface area contributed by atoms with E-state index in [1.54, 1.807) is 6.20 Å². The predicted molar refractivity (Wildman–Crippen MR) is 60.3 cm³/mol. The van der Waals surface area contributed by atoms with E-state index in [1.807, 2.05) is 18.2 Å². The Morgan fingerprint density at radius 1 is 1.31 bits per heavy atom. The quantitative estimate of drug-likeness (QED) is 0.776. The van der Waals surface area contributed by atoms with Crippen molar-refractivity contribution in [2.45, 2.75) is 19.6 Å². The van der Waals surface area contributed by atoms with Crippen molar-refractivity contribution in [2.24, 2.45) is 0 Å². The Morgan fingerprint density at radius 2 is 2.25 bits per heavy atom. The van der Waals surface area contributed by atoms with Crippen LogP contribution in [-0.4, -0.2) is 10.1 Å². The Morgan fingerprint density at radius 3 is 3.00 bits per heavy atom. The average molecular weight is 215 g/mol. The minimum atomic E-state index is 0.786. The van der Waals surface area contributed by atoms with Crippen molar-refractivity contribution in [2.75, 3.05) is 5.73 Å². The van der Waals surface area contributed by atoms with Gasteiger partial charge in [-0.3, -0.25) is 4.90 Å². The van der Waals surface area contributed by atoms with Crippen LogP contribution in [0.2, 0.25) is 0 Å². The van der Waals surface area contributed by atoms with E-state index in [4.69, 9.17) is 10.3 Å². The lowest BCUT2D eigenvalue weighted by Crippen LogP contribution is -2.15. The van der Waals surface area contributed by atoms with Crippen LogP contribution in [0.15, 0.2) is 35.0 Å². The molecule has 0 saturated carbocycles. The maximum absolute atomic E-state index is 5.95. The Labute approximate surface area is 93.6 Å². The van der Waals surface area contributed by atoms with E-state index in [0.717, 1.165) is 31.1 Å². The van der Waals surface area contributed by atoms with Crippen LogP contribution in [0.25, 0.3) is 0 Å². The third-order valence-electron chi connectivity index (χ3n) is 2.96. The maximum atomic E-state index is 5.95. The van der Waals surface area contributed by atoms with Crippen LogP contribution in [0.1, 0.15) is 16.9 Å². The molecule has 0 unspecified atom stereocenters. The molecule has 16 heavy (non-hydrogen) atoms. The van der Waals surface area contributed by atoms with Crippen molar-refractivity contribution in [3.63, 3.8) is 0 Å². The highest BCUT2D eigenvalue weighted by molar-refractivity contribution is 5.52. The van der Waals surface area contributed by atoms with Gasteiger partial charge in [-0.15, -0.1) is 0 Å². The zero-order valence-corrected chi connectivity index (χ0v) is 8.89. The third-order valence-corrected chi connectivity index (χ3v) is 2.96. The number of benzene rings is 1. The van der Waals surface area contributed by atoms with Gasteiger partial charge in [0, 0.05) is 24.8 Å². The minimum absolute atomic E-state index is 0.786. The van der Waals surface area contributed by atoms with Gasteiger partial charge >= 0.3 is 0 Å². The van der Waals surface area contributed by atoms with Crippen LogP contribution in [0.4, 0.5) is 5.69 Å². The second kappa shape index (κ2) is 3.64. The van der Waals surface area contributed by atoms with Gasteiger partial charge in [-0.05, 0) is 17.2 Å². The molecule has 0 fully saturated rings. The van der Waals surface area contributed by atoms with E-state index in [0.29, 0.717) is 0 Å². The molecule has 0 spiro atoms. The number of anilines is 1. The fourth-order valence-corrected chi connectivity index (χ4v) is 2.17. The fourth-order valence-electron chi connectivity index (χ4n) is 2.17. The lowest BCUT2D eigenvalue weighted by molar-refractivity contribution is 0.236. The molecule has 1 aliphatic rings. The molecule has 0 saturated heterocycles. The summed E-state index contributed by atoms with van der Waals surface area (Å²) in [4.78, 5) is 2.29. The van der Waals surface area contributed by atoms with Gasteiger partial charge in [-0.1, -0.05) is 17.3 Å². The van der Waals surface area contributed by atoms with E-state index in [2.05, 4.69) is 16.1 Å². The molecule has 1 aliphatic heterocycles. The Balaban J connectivity index is 1.78. The number of nitrogen functional groups attached to an aromatic ring is 1. The van der Waals surface area contributed by atoms with Gasteiger partial charge < -0.3 is 10.3 Å². The van der Waals surface area contributed by atoms with E-state index in [-0.39, 0.29) is 0 Å². The van der Waals surface area contributed by atoms with Crippen LogP contribution >= 0.6 is 0 Å². The molecule has 2 N–H and O–H groups in total. The van der Waals surface area contributed by atoms with Gasteiger partial charge in [-0.2, -0.15) is 0 Å². The molecular formula is C12H13N3O. The summed E-state index contributed by atoms with van der Waals surface area (Å²) in [7, 11) is 0. The van der Waals surface area contributed by atoms with Crippen molar-refractivity contribution in [1.82, 2.24) is 10.1 Å². The summed E-state index contributed by atoms with van der Waals surface area (Å²) in [5.74, 6) is 0.895. The molecule has 2 heterocycles. The number of aromatic nitrogens is 1. The third kappa shape index (κ3) is 1.57. The number of hydrogen-bond donors (Lipinski definition) is 1. The van der Waals surface area contributed by atoms with Crippen LogP contribution in [0.5, 0.6) is 0 Å². The molecule has 0 atom stereocenters. The molecule has 1 aromatic heterocycles. The summed E-state index contributed by atoms with van der Waals surface area (Å²) < 4.78 is 5.10. The van der Waals surface area contributed by atoms with E-state index in [9.17, 15) is 0 Å². The molecule has 0 amide bonds. The van der Waals surface area contributed by atoms with E-state index in [1.165, 1.54) is 11.1 Å². The highest BCUT2D eigenvalue weighted by atomic mass is 16.5. The molecule has 0 radical (unpaired) electrons. The first kappa shape index (κ1) is 9.42. The van der Waals surface area contributed by atoms with Crippen molar-refractivity contribution in [3.05, 3.63) is 47.3 Å². The van der Waals surface area contributed by atoms with Crippen molar-refractivity contribution in [1.29, 1.82) is 0 Å². The maximum Gasteiger partial charge on any atom is 0.150 e. The molecule has 4 nitrogen and oxygen atoms in total. The molecular weight excluding hydrogens is 202 g/mol. The van der Waals surface area contributed by atoms with Gasteiger partial charge in [0.1, 0.15) is 0 Å². The van der Waals surface area contributed by atoms with Crippen molar-refractivity contribution < 1.29 is 4.52 Å². The Bertz CT molecular complexity index is 493. The summed E-state index contributed by atoms with van der Waals surface area (Å²) >= 11 is 0. The van der Waals surface area contributed by atoms with E-state index >= 15 is 0 Å². The first-order valence-corrected chi connectivity index (χ1v) is 5.31. The highest BCUT2D eigenvalue weighted by Crippen LogP contribution is 2.28. The lowest BCUT2D eigenvalue weighted by Gasteiger charge is -2.11. The minimum Gasteiger partial charge on any atom is -0.398 e. The molecule has 2 aromatic rings. The smallest absolute Gasteiger partial charge is 0.150 e. The first-order valence-electron chi connectivity index (χ1n) is 5.31. The zero-order chi connectivity index (χ0) is 11.0. The molecule has 0 bridgehead atoms. The van der Waals surface area contributed by atoms with Gasteiger partial charge in [0.05, 0.1) is 12.7 Å². The summed E-state index contributed by atoms with van der Waals surface area (Å²) in [5, 5.41) is 3.70. The second-order valence-corrected chi connectivity index (χ2v) is 4.11. The first-order chi connectivity index (χ1) is 7.83. The van der Waals surface area contributed by atoms with Gasteiger partial charge in [0.25, 0.3) is 0 Å². The van der Waals surface area contributed by atoms with Crippen LogP contribution < -0.4 is 5.73 Å². The average Bonchev–Trinajstić information content (AvgIpc) is 2.88. The van der Waals surface area contributed by atoms with Crippen molar-refractivity contribution >= 4 is 5.69 Å².